The second-order valence-corrected chi connectivity index (χ2v) is 13.0. The second kappa shape index (κ2) is 15.8. The van der Waals surface area contributed by atoms with Crippen molar-refractivity contribution in [3.8, 4) is 0 Å². The van der Waals surface area contributed by atoms with Crippen LogP contribution in [0.1, 0.15) is 148 Å². The van der Waals surface area contributed by atoms with Gasteiger partial charge >= 0.3 is 0 Å². The Hall–Kier alpha value is -0.100. The molecule has 2 nitrogen and oxygen atoms in total. The average Bonchev–Trinajstić information content (AvgIpc) is 2.90. The van der Waals surface area contributed by atoms with E-state index in [1.54, 1.807) is 0 Å². The molecule has 0 aliphatic heterocycles. The van der Waals surface area contributed by atoms with Crippen molar-refractivity contribution in [2.24, 2.45) is 23.7 Å². The van der Waals surface area contributed by atoms with Crippen LogP contribution in [0.25, 0.3) is 0 Å². The first-order valence-corrected chi connectivity index (χ1v) is 15.9. The maximum atomic E-state index is 12.1. The van der Waals surface area contributed by atoms with Gasteiger partial charge < -0.3 is 5.32 Å². The highest BCUT2D eigenvalue weighted by Gasteiger charge is 2.29. The molecule has 0 aromatic carbocycles. The summed E-state index contributed by atoms with van der Waals surface area (Å²) in [4.78, 5) is 12.1. The number of rotatable bonds is 4. The van der Waals surface area contributed by atoms with Gasteiger partial charge in [0.1, 0.15) is 0 Å². The largest absolute Gasteiger partial charge is 0.353 e. The molecule has 3 aliphatic rings. The molecule has 1 amide bonds. The van der Waals surface area contributed by atoms with E-state index in [1.165, 1.54) is 135 Å². The van der Waals surface area contributed by atoms with Crippen LogP contribution in [0, 0.1) is 23.7 Å². The third-order valence-corrected chi connectivity index (χ3v) is 10.3. The maximum Gasteiger partial charge on any atom is 0.219 e. The average molecular weight is 478 g/mol. The summed E-state index contributed by atoms with van der Waals surface area (Å²) in [6, 6.07) is 0.429. The van der Waals surface area contributed by atoms with Crippen molar-refractivity contribution < 1.29 is 4.79 Å². The molecule has 0 saturated heterocycles. The maximum absolute atomic E-state index is 12.1. The summed E-state index contributed by atoms with van der Waals surface area (Å²) < 4.78 is 0. The highest BCUT2D eigenvalue weighted by molar-refractivity contribution is 7.17. The fourth-order valence-corrected chi connectivity index (χ4v) is 7.96. The van der Waals surface area contributed by atoms with Crippen LogP contribution in [0.2, 0.25) is 0 Å². The van der Waals surface area contributed by atoms with Gasteiger partial charge in [-0.3, -0.25) is 4.79 Å². The highest BCUT2D eigenvalue weighted by Crippen LogP contribution is 2.41. The van der Waals surface area contributed by atoms with Crippen LogP contribution in [-0.2, 0) is 4.79 Å². The van der Waals surface area contributed by atoms with E-state index in [4.69, 9.17) is 0 Å². The quantitative estimate of drug-likeness (QED) is 0.403. The summed E-state index contributed by atoms with van der Waals surface area (Å²) in [6.07, 6.45) is 30.5. The lowest BCUT2D eigenvalue weighted by atomic mass is 9.71. The van der Waals surface area contributed by atoms with Crippen molar-refractivity contribution in [1.29, 1.82) is 0 Å². The predicted molar refractivity (Wildman–Crippen MR) is 147 cm³/mol. The summed E-state index contributed by atoms with van der Waals surface area (Å²) in [5.41, 5.74) is 0.879. The second-order valence-electron chi connectivity index (χ2n) is 12.1. The fourth-order valence-electron chi connectivity index (χ4n) is 7.49. The Kier molecular flexibility index (Phi) is 13.2. The van der Waals surface area contributed by atoms with Gasteiger partial charge in [0.25, 0.3) is 0 Å². The first kappa shape index (κ1) is 27.5. The van der Waals surface area contributed by atoms with Gasteiger partial charge in [-0.25, -0.2) is 0 Å². The van der Waals surface area contributed by atoms with Crippen molar-refractivity contribution in [2.45, 2.75) is 160 Å². The van der Waals surface area contributed by atoms with E-state index in [2.05, 4.69) is 14.6 Å². The Morgan fingerprint density at radius 3 is 1.61 bits per heavy atom. The van der Waals surface area contributed by atoms with E-state index in [1.807, 2.05) is 6.92 Å². The fraction of sp³-hybridized carbons (Fsp3) is 0.967. The molecule has 0 heterocycles. The molecular weight excluding hydrogens is 421 g/mol. The molecule has 3 aliphatic carbocycles. The number of carbonyl (C=O) groups excluding carboxylic acids is 1. The van der Waals surface area contributed by atoms with Crippen LogP contribution in [0.4, 0.5) is 0 Å². The number of carbonyl (C=O) groups is 1. The van der Waals surface area contributed by atoms with E-state index in [0.29, 0.717) is 12.5 Å². The van der Waals surface area contributed by atoms with Gasteiger partial charge in [-0.2, -0.15) is 0 Å². The lowest BCUT2D eigenvalue weighted by Crippen LogP contribution is -2.35. The number of hydrogen-bond acceptors (Lipinski definition) is 1. The Balaban J connectivity index is 1.56. The van der Waals surface area contributed by atoms with E-state index in [9.17, 15) is 4.79 Å². The summed E-state index contributed by atoms with van der Waals surface area (Å²) >= 11 is 0. The zero-order valence-electron chi connectivity index (χ0n) is 22.0. The topological polar surface area (TPSA) is 29.1 Å². The van der Waals surface area contributed by atoms with Crippen molar-refractivity contribution in [3.05, 3.63) is 0 Å². The van der Waals surface area contributed by atoms with Crippen molar-refractivity contribution in [3.63, 3.8) is 0 Å². The molecule has 3 saturated carbocycles. The molecule has 0 bridgehead atoms. The zero-order valence-corrected chi connectivity index (χ0v) is 23.2. The molecule has 0 spiro atoms. The Morgan fingerprint density at radius 1 is 0.576 bits per heavy atom. The van der Waals surface area contributed by atoms with E-state index >= 15 is 0 Å². The monoisotopic (exact) mass is 477 g/mol. The van der Waals surface area contributed by atoms with Crippen LogP contribution in [-0.4, -0.2) is 17.6 Å². The lowest BCUT2D eigenvalue weighted by Gasteiger charge is -2.35. The Labute approximate surface area is 208 Å². The van der Waals surface area contributed by atoms with Crippen LogP contribution in [0.15, 0.2) is 0 Å². The van der Waals surface area contributed by atoms with Gasteiger partial charge in [-0.1, -0.05) is 96.8 Å². The van der Waals surface area contributed by atoms with Gasteiger partial charge in [0, 0.05) is 12.5 Å². The van der Waals surface area contributed by atoms with E-state index < -0.39 is 0 Å². The Bertz CT molecular complexity index is 537. The number of amides is 1. The Morgan fingerprint density at radius 2 is 1.00 bits per heavy atom. The number of hydrogen-bond donors (Lipinski definition) is 1. The third kappa shape index (κ3) is 10.2. The van der Waals surface area contributed by atoms with Crippen molar-refractivity contribution in [2.75, 3.05) is 0 Å². The zero-order chi connectivity index (χ0) is 23.3. The molecule has 0 aromatic heterocycles. The molecule has 33 heavy (non-hydrogen) atoms. The van der Waals surface area contributed by atoms with E-state index in [-0.39, 0.29) is 5.91 Å². The molecule has 0 radical (unpaired) electrons. The van der Waals surface area contributed by atoms with Gasteiger partial charge in [0.05, 0.1) is 0 Å². The third-order valence-electron chi connectivity index (χ3n) is 9.64. The standard InChI is InChI=1S/C30H56NOP/c1-2-30(32)31-28-17-6-4-3-5-12-27(22-23-28)26-15-8-7-14-25(20-21-26)24-13-9-10-18-29(33)19-11-16-24/h24-29H,2-23,33H2,1H3,(H,31,32)/t24?,25-,26?,27?,28?,29+/m1/s1. The molecule has 3 rings (SSSR count). The predicted octanol–water partition coefficient (Wildman–Crippen LogP) is 8.82. The first-order chi connectivity index (χ1) is 16.2. The van der Waals surface area contributed by atoms with Gasteiger partial charge in [0.2, 0.25) is 5.91 Å². The van der Waals surface area contributed by atoms with Crippen LogP contribution in [0.5, 0.6) is 0 Å². The molecule has 5 unspecified atom stereocenters. The minimum absolute atomic E-state index is 0.255. The molecule has 3 fully saturated rings. The van der Waals surface area contributed by atoms with Crippen LogP contribution in [0.3, 0.4) is 0 Å². The first-order valence-electron chi connectivity index (χ1n) is 15.2. The minimum Gasteiger partial charge on any atom is -0.353 e. The summed E-state index contributed by atoms with van der Waals surface area (Å²) in [5.74, 6) is 4.12. The lowest BCUT2D eigenvalue weighted by molar-refractivity contribution is -0.121. The molecule has 0 aromatic rings. The van der Waals surface area contributed by atoms with Gasteiger partial charge in [-0.05, 0) is 74.3 Å². The summed E-state index contributed by atoms with van der Waals surface area (Å²) in [6.45, 7) is 1.99. The molecule has 7 atom stereocenters. The summed E-state index contributed by atoms with van der Waals surface area (Å²) in [5, 5.41) is 3.36. The van der Waals surface area contributed by atoms with Crippen molar-refractivity contribution in [1.82, 2.24) is 5.32 Å². The molecule has 192 valence electrons. The molecule has 3 heteroatoms. The SMILES string of the molecule is CCC(=O)NC1CCCCCCC(C2CCCC[C@@H](C3CCCC[C@H](P)CCC3)CC2)CC1. The molecular formula is C30H56NOP. The smallest absolute Gasteiger partial charge is 0.219 e. The summed E-state index contributed by atoms with van der Waals surface area (Å²) in [7, 11) is 3.12. The number of nitrogens with one attached hydrogen (secondary N) is 1. The van der Waals surface area contributed by atoms with Crippen molar-refractivity contribution >= 4 is 15.1 Å². The van der Waals surface area contributed by atoms with Crippen LogP contribution < -0.4 is 5.32 Å². The minimum atomic E-state index is 0.255. The van der Waals surface area contributed by atoms with Crippen LogP contribution >= 0.6 is 9.24 Å². The highest BCUT2D eigenvalue weighted by atomic mass is 31.0. The van der Waals surface area contributed by atoms with E-state index in [0.717, 1.165) is 29.3 Å². The van der Waals surface area contributed by atoms with Gasteiger partial charge in [0.15, 0.2) is 0 Å². The normalized spacial score (nSPS) is 36.3. The van der Waals surface area contributed by atoms with Gasteiger partial charge in [-0.15, -0.1) is 9.24 Å². The molecule has 1 N–H and O–H groups in total.